The second kappa shape index (κ2) is 7.14. The number of halogens is 1. The van der Waals surface area contributed by atoms with E-state index in [4.69, 9.17) is 4.74 Å². The van der Waals surface area contributed by atoms with Crippen molar-refractivity contribution in [1.82, 2.24) is 4.90 Å². The van der Waals surface area contributed by atoms with Crippen molar-refractivity contribution >= 4 is 35.0 Å². The molecule has 0 saturated carbocycles. The number of thiophene rings is 1. The smallest absolute Gasteiger partial charge is 0.339 e. The Bertz CT molecular complexity index is 705. The summed E-state index contributed by atoms with van der Waals surface area (Å²) >= 11 is 2.89. The second-order valence-electron chi connectivity index (χ2n) is 4.92. The van der Waals surface area contributed by atoms with Crippen molar-refractivity contribution in [3.05, 3.63) is 58.0 Å². The summed E-state index contributed by atoms with van der Waals surface area (Å²) in [7, 11) is 0. The van der Waals surface area contributed by atoms with E-state index in [0.29, 0.717) is 17.7 Å². The number of thioether (sulfide) groups is 1. The zero-order valence-electron chi connectivity index (χ0n) is 12.1. The zero-order chi connectivity index (χ0) is 16.2. The molecule has 1 amide bonds. The Morgan fingerprint density at radius 3 is 2.87 bits per heavy atom. The molecule has 120 valence electrons. The molecule has 1 aromatic carbocycles. The molecule has 2 aromatic rings. The third-order valence-corrected chi connectivity index (χ3v) is 5.39. The number of ether oxygens (including phenoxy) is 1. The van der Waals surface area contributed by atoms with Gasteiger partial charge < -0.3 is 9.64 Å². The first-order chi connectivity index (χ1) is 11.2. The van der Waals surface area contributed by atoms with E-state index in [9.17, 15) is 14.0 Å². The number of nitrogens with zero attached hydrogens (tertiary/aromatic N) is 1. The molecule has 4 nitrogen and oxygen atoms in total. The van der Waals surface area contributed by atoms with Crippen LogP contribution < -0.4 is 0 Å². The Balaban J connectivity index is 1.64. The largest absolute Gasteiger partial charge is 0.452 e. The minimum Gasteiger partial charge on any atom is -0.452 e. The number of benzene rings is 1. The van der Waals surface area contributed by atoms with Gasteiger partial charge in [-0.15, -0.1) is 11.8 Å². The van der Waals surface area contributed by atoms with Crippen molar-refractivity contribution in [2.75, 3.05) is 18.9 Å². The average Bonchev–Trinajstić information content (AvgIpc) is 3.24. The SMILES string of the molecule is O=C(OCC(=O)N1CCS[C@@H]1c1ccccc1F)c1ccsc1. The Morgan fingerprint density at radius 2 is 2.13 bits per heavy atom. The summed E-state index contributed by atoms with van der Waals surface area (Å²) in [5, 5.41) is 3.06. The molecule has 1 aromatic heterocycles. The van der Waals surface area contributed by atoms with Crippen molar-refractivity contribution < 1.29 is 18.7 Å². The zero-order valence-corrected chi connectivity index (χ0v) is 13.7. The predicted octanol–water partition coefficient (Wildman–Crippen LogP) is 3.32. The van der Waals surface area contributed by atoms with Gasteiger partial charge in [-0.3, -0.25) is 4.79 Å². The molecule has 0 radical (unpaired) electrons. The van der Waals surface area contributed by atoms with Gasteiger partial charge in [0.15, 0.2) is 6.61 Å². The van der Waals surface area contributed by atoms with Crippen LogP contribution in [0.25, 0.3) is 0 Å². The van der Waals surface area contributed by atoms with Crippen LogP contribution in [-0.4, -0.2) is 35.7 Å². The predicted molar refractivity (Wildman–Crippen MR) is 87.9 cm³/mol. The van der Waals surface area contributed by atoms with Gasteiger partial charge in [0.25, 0.3) is 5.91 Å². The molecule has 7 heteroatoms. The van der Waals surface area contributed by atoms with E-state index < -0.39 is 5.97 Å². The maximum absolute atomic E-state index is 13.9. The molecule has 0 spiro atoms. The van der Waals surface area contributed by atoms with Gasteiger partial charge in [0.1, 0.15) is 11.2 Å². The van der Waals surface area contributed by atoms with Crippen LogP contribution in [-0.2, 0) is 9.53 Å². The first-order valence-corrected chi connectivity index (χ1v) is 9.01. The minimum atomic E-state index is -0.520. The van der Waals surface area contributed by atoms with E-state index >= 15 is 0 Å². The number of hydrogen-bond acceptors (Lipinski definition) is 5. The number of rotatable bonds is 4. The van der Waals surface area contributed by atoms with Crippen LogP contribution in [0.1, 0.15) is 21.3 Å². The first kappa shape index (κ1) is 16.0. The molecular formula is C16H14FNO3S2. The lowest BCUT2D eigenvalue weighted by atomic mass is 10.2. The standard InChI is InChI=1S/C16H14FNO3S2/c17-13-4-2-1-3-12(13)15-18(6-8-23-15)14(19)9-21-16(20)11-5-7-22-10-11/h1-5,7,10,15H,6,8-9H2/t15-/m1/s1. The number of carbonyl (C=O) groups is 2. The molecule has 0 unspecified atom stereocenters. The lowest BCUT2D eigenvalue weighted by Crippen LogP contribution is -2.34. The number of hydrogen-bond donors (Lipinski definition) is 0. The van der Waals surface area contributed by atoms with Crippen LogP contribution in [0.4, 0.5) is 4.39 Å². The highest BCUT2D eigenvalue weighted by Gasteiger charge is 2.32. The van der Waals surface area contributed by atoms with E-state index in [-0.39, 0.29) is 23.7 Å². The second-order valence-corrected chi connectivity index (χ2v) is 6.89. The molecule has 1 saturated heterocycles. The molecule has 1 aliphatic rings. The molecule has 1 atom stereocenters. The van der Waals surface area contributed by atoms with Crippen molar-refractivity contribution in [2.45, 2.75) is 5.37 Å². The fourth-order valence-corrected chi connectivity index (χ4v) is 4.26. The maximum Gasteiger partial charge on any atom is 0.339 e. The van der Waals surface area contributed by atoms with Crippen LogP contribution in [0.2, 0.25) is 0 Å². The molecular weight excluding hydrogens is 337 g/mol. The molecule has 1 aliphatic heterocycles. The van der Waals surface area contributed by atoms with Gasteiger partial charge in [0.05, 0.1) is 5.56 Å². The number of esters is 1. The Kier molecular flexibility index (Phi) is 4.97. The normalized spacial score (nSPS) is 17.3. The van der Waals surface area contributed by atoms with Gasteiger partial charge >= 0.3 is 5.97 Å². The fraction of sp³-hybridized carbons (Fsp3) is 0.250. The van der Waals surface area contributed by atoms with Gasteiger partial charge in [-0.05, 0) is 17.5 Å². The van der Waals surface area contributed by atoms with E-state index in [0.717, 1.165) is 5.75 Å². The summed E-state index contributed by atoms with van der Waals surface area (Å²) in [5.74, 6) is -0.441. The van der Waals surface area contributed by atoms with Crippen LogP contribution in [0.5, 0.6) is 0 Å². The van der Waals surface area contributed by atoms with Gasteiger partial charge in [0.2, 0.25) is 0 Å². The van der Waals surface area contributed by atoms with Gasteiger partial charge in [-0.25, -0.2) is 9.18 Å². The van der Waals surface area contributed by atoms with E-state index in [1.54, 1.807) is 39.9 Å². The van der Waals surface area contributed by atoms with Crippen LogP contribution >= 0.6 is 23.1 Å². The van der Waals surface area contributed by atoms with E-state index in [1.165, 1.54) is 29.2 Å². The summed E-state index contributed by atoms with van der Waals surface area (Å²) in [5.41, 5.74) is 0.914. The lowest BCUT2D eigenvalue weighted by Gasteiger charge is -2.24. The Labute approximate surface area is 141 Å². The van der Waals surface area contributed by atoms with Gasteiger partial charge in [-0.2, -0.15) is 11.3 Å². The highest BCUT2D eigenvalue weighted by Crippen LogP contribution is 2.38. The minimum absolute atomic E-state index is 0.313. The Morgan fingerprint density at radius 1 is 1.30 bits per heavy atom. The lowest BCUT2D eigenvalue weighted by molar-refractivity contribution is -0.134. The molecule has 23 heavy (non-hydrogen) atoms. The highest BCUT2D eigenvalue weighted by atomic mass is 32.2. The van der Waals surface area contributed by atoms with Crippen molar-refractivity contribution in [3.63, 3.8) is 0 Å². The molecule has 0 aliphatic carbocycles. The van der Waals surface area contributed by atoms with Crippen LogP contribution in [0, 0.1) is 5.82 Å². The average molecular weight is 351 g/mol. The summed E-state index contributed by atoms with van der Waals surface area (Å²) in [6.45, 7) is 0.179. The van der Waals surface area contributed by atoms with Gasteiger partial charge in [-0.1, -0.05) is 18.2 Å². The van der Waals surface area contributed by atoms with E-state index in [2.05, 4.69) is 0 Å². The topological polar surface area (TPSA) is 46.6 Å². The molecule has 1 fully saturated rings. The highest BCUT2D eigenvalue weighted by molar-refractivity contribution is 7.99. The molecule has 3 rings (SSSR count). The molecule has 0 N–H and O–H groups in total. The fourth-order valence-electron chi connectivity index (χ4n) is 2.33. The first-order valence-electron chi connectivity index (χ1n) is 7.01. The van der Waals surface area contributed by atoms with E-state index in [1.807, 2.05) is 0 Å². The summed E-state index contributed by atoms with van der Waals surface area (Å²) in [6.07, 6.45) is 0. The molecule has 2 heterocycles. The summed E-state index contributed by atoms with van der Waals surface area (Å²) in [6, 6.07) is 8.07. The monoisotopic (exact) mass is 351 g/mol. The number of carbonyl (C=O) groups excluding carboxylic acids is 2. The van der Waals surface area contributed by atoms with Crippen LogP contribution in [0.3, 0.4) is 0 Å². The quantitative estimate of drug-likeness (QED) is 0.793. The molecule has 0 bridgehead atoms. The van der Waals surface area contributed by atoms with Crippen molar-refractivity contribution in [2.24, 2.45) is 0 Å². The maximum atomic E-state index is 13.9. The van der Waals surface area contributed by atoms with Gasteiger partial charge in [0, 0.05) is 23.2 Å². The Hall–Kier alpha value is -1.86. The van der Waals surface area contributed by atoms with Crippen molar-refractivity contribution in [1.29, 1.82) is 0 Å². The third-order valence-electron chi connectivity index (χ3n) is 3.47. The third kappa shape index (κ3) is 3.56. The summed E-state index contributed by atoms with van der Waals surface area (Å²) in [4.78, 5) is 25.7. The number of amides is 1. The van der Waals surface area contributed by atoms with Crippen molar-refractivity contribution in [3.8, 4) is 0 Å². The summed E-state index contributed by atoms with van der Waals surface area (Å²) < 4.78 is 19.0. The van der Waals surface area contributed by atoms with Crippen LogP contribution in [0.15, 0.2) is 41.1 Å².